The lowest BCUT2D eigenvalue weighted by Crippen LogP contribution is -2.32. The van der Waals surface area contributed by atoms with Crippen molar-refractivity contribution in [1.29, 1.82) is 0 Å². The first kappa shape index (κ1) is 30.2. The van der Waals surface area contributed by atoms with Crippen molar-refractivity contribution in [2.24, 2.45) is 4.99 Å². The van der Waals surface area contributed by atoms with E-state index in [-0.39, 0.29) is 35.0 Å². The van der Waals surface area contributed by atoms with Gasteiger partial charge in [0.2, 0.25) is 11.0 Å². The largest absolute Gasteiger partial charge is 0.573 e. The molecule has 0 aliphatic carbocycles. The highest BCUT2D eigenvalue weighted by Crippen LogP contribution is 2.33. The third-order valence-electron chi connectivity index (χ3n) is 6.20. The highest BCUT2D eigenvalue weighted by atomic mass is 32.2. The predicted molar refractivity (Wildman–Crippen MR) is 162 cm³/mol. The number of aromatic nitrogens is 3. The molecule has 1 saturated heterocycles. The number of anilines is 1. The summed E-state index contributed by atoms with van der Waals surface area (Å²) in [6.45, 7) is 4.33. The Balaban J connectivity index is 1.16. The fraction of sp³-hybridized carbons (Fsp3) is 0.207. The Hall–Kier alpha value is -4.27. The molecule has 0 bridgehead atoms. The van der Waals surface area contributed by atoms with E-state index >= 15 is 0 Å². The lowest BCUT2D eigenvalue weighted by atomic mass is 10.0. The molecule has 1 aliphatic heterocycles. The summed E-state index contributed by atoms with van der Waals surface area (Å²) in [4.78, 5) is 28.5. The van der Waals surface area contributed by atoms with Gasteiger partial charge in [-0.25, -0.2) is 15.1 Å². The zero-order valence-electron chi connectivity index (χ0n) is 22.9. The fourth-order valence-corrected chi connectivity index (χ4v) is 5.29. The summed E-state index contributed by atoms with van der Waals surface area (Å²) in [5.41, 5.74) is 6.59. The number of hydroxylamine groups is 1. The number of nitrogens with zero attached hydrogens (tertiary/aromatic N) is 5. The number of alkyl halides is 3. The summed E-state index contributed by atoms with van der Waals surface area (Å²) in [6, 6.07) is 20.4. The molecule has 222 valence electrons. The van der Waals surface area contributed by atoms with Crippen molar-refractivity contribution in [2.75, 3.05) is 10.7 Å². The van der Waals surface area contributed by atoms with Crippen molar-refractivity contribution < 1.29 is 27.5 Å². The number of hydrogen-bond donors (Lipinski definition) is 1. The van der Waals surface area contributed by atoms with Gasteiger partial charge in [-0.15, -0.1) is 18.3 Å². The van der Waals surface area contributed by atoms with Gasteiger partial charge >= 0.3 is 6.36 Å². The van der Waals surface area contributed by atoms with Crippen molar-refractivity contribution in [3.05, 3.63) is 90.3 Å². The highest BCUT2D eigenvalue weighted by Gasteiger charge is 2.32. The molecule has 1 amide bonds. The number of amidine groups is 1. The Labute approximate surface area is 254 Å². The Bertz CT molecular complexity index is 1640. The molecular weight excluding hydrogens is 601 g/mol. The average molecular weight is 627 g/mol. The third kappa shape index (κ3) is 7.58. The minimum atomic E-state index is -4.76. The van der Waals surface area contributed by atoms with E-state index in [1.54, 1.807) is 4.90 Å². The molecule has 9 nitrogen and oxygen atoms in total. The van der Waals surface area contributed by atoms with Crippen LogP contribution >= 0.6 is 24.0 Å². The first-order valence-electron chi connectivity index (χ1n) is 13.0. The van der Waals surface area contributed by atoms with E-state index < -0.39 is 6.36 Å². The van der Waals surface area contributed by atoms with E-state index in [2.05, 4.69) is 39.1 Å². The van der Waals surface area contributed by atoms with Gasteiger partial charge < -0.3 is 4.74 Å². The monoisotopic (exact) mass is 626 g/mol. The summed E-state index contributed by atoms with van der Waals surface area (Å²) < 4.78 is 42.5. The maximum Gasteiger partial charge on any atom is 0.573 e. The molecule has 0 spiro atoms. The van der Waals surface area contributed by atoms with E-state index in [1.165, 1.54) is 47.0 Å². The molecule has 5 rings (SSSR count). The van der Waals surface area contributed by atoms with Crippen molar-refractivity contribution in [1.82, 2.24) is 20.2 Å². The number of thiocarbonyl (C=S) groups is 1. The van der Waals surface area contributed by atoms with Gasteiger partial charge in [0.15, 0.2) is 11.0 Å². The smallest absolute Gasteiger partial charge is 0.406 e. The first-order valence-corrected chi connectivity index (χ1v) is 14.4. The standard InChI is InChI=1S/C29H25F3N6O3S2/c1-18(2)23-5-3-4-6-24(23)38-25(39)16-43-28(38)34-27(42)36-40-15-19-7-9-20(10-8-19)26-33-17-37(35-26)21-11-13-22(14-12-21)41-29(30,31)32/h3-14,17-18H,15-16H2,1-2H3,(H,36,42). The van der Waals surface area contributed by atoms with E-state index in [1.807, 2.05) is 48.5 Å². The number of halogens is 3. The van der Waals surface area contributed by atoms with Gasteiger partial charge in [-0.05, 0) is 59.6 Å². The number of benzene rings is 3. The SMILES string of the molecule is CC(C)c1ccccc1N1C(=O)CSC1=NC(=S)NOCc1ccc(-c2ncn(-c3ccc(OC(F)(F)F)cc3)n2)cc1. The van der Waals surface area contributed by atoms with Crippen LogP contribution in [0.1, 0.15) is 30.9 Å². The lowest BCUT2D eigenvalue weighted by molar-refractivity contribution is -0.274. The zero-order valence-corrected chi connectivity index (χ0v) is 24.5. The quantitative estimate of drug-likeness (QED) is 0.178. The lowest BCUT2D eigenvalue weighted by Gasteiger charge is -2.21. The number of hydrogen-bond acceptors (Lipinski definition) is 7. The molecule has 0 radical (unpaired) electrons. The molecule has 0 atom stereocenters. The maximum absolute atomic E-state index is 12.7. The Morgan fingerprint density at radius 1 is 1.09 bits per heavy atom. The predicted octanol–water partition coefficient (Wildman–Crippen LogP) is 6.40. The van der Waals surface area contributed by atoms with Crippen LogP contribution in [0, 0.1) is 0 Å². The number of ether oxygens (including phenoxy) is 1. The second-order valence-corrected chi connectivity index (χ2v) is 10.9. The number of amides is 1. The Morgan fingerprint density at radius 3 is 2.51 bits per heavy atom. The van der Waals surface area contributed by atoms with Gasteiger partial charge in [0.05, 0.1) is 23.7 Å². The van der Waals surface area contributed by atoms with E-state index in [0.717, 1.165) is 22.4 Å². The topological polar surface area (TPSA) is 93.9 Å². The van der Waals surface area contributed by atoms with Gasteiger partial charge in [-0.2, -0.15) is 4.99 Å². The molecular formula is C29H25F3N6O3S2. The summed E-state index contributed by atoms with van der Waals surface area (Å²) in [7, 11) is 0. The van der Waals surface area contributed by atoms with Crippen LogP contribution in [0.4, 0.5) is 18.9 Å². The molecule has 43 heavy (non-hydrogen) atoms. The summed E-state index contributed by atoms with van der Waals surface area (Å²) in [6.07, 6.45) is -3.29. The molecule has 0 saturated carbocycles. The number of para-hydroxylation sites is 1. The molecule has 2 heterocycles. The van der Waals surface area contributed by atoms with E-state index in [4.69, 9.17) is 17.1 Å². The number of carbonyl (C=O) groups is 1. The number of carbonyl (C=O) groups excluding carboxylic acids is 1. The van der Waals surface area contributed by atoms with Crippen LogP contribution in [-0.4, -0.2) is 43.1 Å². The molecule has 3 aromatic carbocycles. The summed E-state index contributed by atoms with van der Waals surface area (Å²) in [5.74, 6) is 0.555. The maximum atomic E-state index is 12.7. The van der Waals surface area contributed by atoms with Crippen molar-refractivity contribution in [3.63, 3.8) is 0 Å². The van der Waals surface area contributed by atoms with Crippen LogP contribution < -0.4 is 15.1 Å². The molecule has 4 aromatic rings. The fourth-order valence-electron chi connectivity index (χ4n) is 4.22. The summed E-state index contributed by atoms with van der Waals surface area (Å²) in [5, 5.41) is 4.98. The van der Waals surface area contributed by atoms with Crippen LogP contribution in [0.3, 0.4) is 0 Å². The molecule has 1 N–H and O–H groups in total. The van der Waals surface area contributed by atoms with Crippen molar-refractivity contribution in [2.45, 2.75) is 32.7 Å². The summed E-state index contributed by atoms with van der Waals surface area (Å²) >= 11 is 6.66. The molecule has 0 unspecified atom stereocenters. The van der Waals surface area contributed by atoms with E-state index in [9.17, 15) is 18.0 Å². The van der Waals surface area contributed by atoms with Gasteiger partial charge in [-0.3, -0.25) is 14.5 Å². The van der Waals surface area contributed by atoms with E-state index in [0.29, 0.717) is 16.7 Å². The Kier molecular flexibility index (Phi) is 9.08. The number of thioether (sulfide) groups is 1. The number of aliphatic imine (C=N–C) groups is 1. The normalized spacial score (nSPS) is 14.5. The van der Waals surface area contributed by atoms with Crippen LogP contribution in [0.15, 0.2) is 84.1 Å². The van der Waals surface area contributed by atoms with Crippen LogP contribution in [0.5, 0.6) is 5.75 Å². The minimum absolute atomic E-state index is 0.0616. The molecule has 1 aromatic heterocycles. The zero-order chi connectivity index (χ0) is 30.6. The number of rotatable bonds is 8. The minimum Gasteiger partial charge on any atom is -0.406 e. The molecule has 14 heteroatoms. The van der Waals surface area contributed by atoms with Gasteiger partial charge in [0.25, 0.3) is 0 Å². The van der Waals surface area contributed by atoms with Gasteiger partial charge in [0.1, 0.15) is 12.1 Å². The second kappa shape index (κ2) is 12.9. The Morgan fingerprint density at radius 2 is 1.81 bits per heavy atom. The van der Waals surface area contributed by atoms with Gasteiger partial charge in [0, 0.05) is 5.56 Å². The van der Waals surface area contributed by atoms with Crippen LogP contribution in [0.25, 0.3) is 17.1 Å². The first-order chi connectivity index (χ1) is 20.6. The van der Waals surface area contributed by atoms with Crippen LogP contribution in [0.2, 0.25) is 0 Å². The van der Waals surface area contributed by atoms with Crippen molar-refractivity contribution in [3.8, 4) is 22.8 Å². The molecule has 1 aliphatic rings. The third-order valence-corrected chi connectivity index (χ3v) is 7.30. The highest BCUT2D eigenvalue weighted by molar-refractivity contribution is 8.15. The average Bonchev–Trinajstić information content (AvgIpc) is 3.60. The van der Waals surface area contributed by atoms with Gasteiger partial charge in [-0.1, -0.05) is 68.1 Å². The van der Waals surface area contributed by atoms with Crippen LogP contribution in [-0.2, 0) is 16.2 Å². The number of nitrogens with one attached hydrogen (secondary N) is 1. The van der Waals surface area contributed by atoms with Crippen molar-refractivity contribution >= 4 is 45.9 Å². The second-order valence-electron chi connectivity index (χ2n) is 9.57. The molecule has 1 fully saturated rings.